The number of fused-ring (bicyclic) bond motifs is 1. The first-order chi connectivity index (χ1) is 10.2. The third-order valence-electron chi connectivity index (χ3n) is 3.39. The van der Waals surface area contributed by atoms with Crippen LogP contribution in [-0.2, 0) is 0 Å². The summed E-state index contributed by atoms with van der Waals surface area (Å²) < 4.78 is 0.827. The second-order valence-electron chi connectivity index (χ2n) is 4.63. The Hall–Kier alpha value is -2.21. The van der Waals surface area contributed by atoms with Crippen molar-refractivity contribution in [2.75, 3.05) is 11.4 Å². The molecule has 6 heteroatoms. The van der Waals surface area contributed by atoms with Crippen molar-refractivity contribution in [1.82, 2.24) is 4.98 Å². The van der Waals surface area contributed by atoms with Crippen molar-refractivity contribution in [2.45, 2.75) is 6.42 Å². The molecule has 1 amide bonds. The van der Waals surface area contributed by atoms with Crippen LogP contribution >= 0.6 is 15.9 Å². The molecule has 1 N–H and O–H groups in total. The second-order valence-corrected chi connectivity index (χ2v) is 5.55. The third-order valence-corrected chi connectivity index (χ3v) is 3.86. The first kappa shape index (κ1) is 13.8. The molecular weight excluding hydrogens is 334 g/mol. The van der Waals surface area contributed by atoms with Crippen LogP contribution in [-0.4, -0.2) is 28.4 Å². The quantitative estimate of drug-likeness (QED) is 0.638. The van der Waals surface area contributed by atoms with Gasteiger partial charge >= 0.3 is 0 Å². The molecule has 1 aromatic carbocycles. The normalized spacial score (nSPS) is 15.9. The van der Waals surface area contributed by atoms with Gasteiger partial charge in [0.25, 0.3) is 5.91 Å². The molecule has 0 atom stereocenters. The molecule has 0 fully saturated rings. The zero-order chi connectivity index (χ0) is 14.8. The monoisotopic (exact) mass is 345 g/mol. The van der Waals surface area contributed by atoms with Crippen LogP contribution in [0, 0.1) is 0 Å². The highest BCUT2D eigenvalue weighted by Gasteiger charge is 2.27. The van der Waals surface area contributed by atoms with Gasteiger partial charge in [-0.15, -0.1) is 0 Å². The van der Waals surface area contributed by atoms with Crippen molar-refractivity contribution in [2.24, 2.45) is 5.16 Å². The minimum atomic E-state index is -0.160. The molecule has 2 heterocycles. The van der Waals surface area contributed by atoms with Crippen LogP contribution in [0.25, 0.3) is 0 Å². The largest absolute Gasteiger partial charge is 0.411 e. The minimum absolute atomic E-state index is 0.160. The smallest absolute Gasteiger partial charge is 0.276 e. The number of anilines is 1. The number of pyridine rings is 1. The van der Waals surface area contributed by atoms with Gasteiger partial charge in [0.15, 0.2) is 0 Å². The van der Waals surface area contributed by atoms with Crippen molar-refractivity contribution in [1.29, 1.82) is 0 Å². The van der Waals surface area contributed by atoms with E-state index in [1.807, 2.05) is 24.3 Å². The number of rotatable bonds is 1. The molecule has 3 rings (SSSR count). The summed E-state index contributed by atoms with van der Waals surface area (Å²) in [6, 6.07) is 10.9. The van der Waals surface area contributed by atoms with Crippen LogP contribution in [0.2, 0.25) is 0 Å². The predicted octanol–water partition coefficient (Wildman–Crippen LogP) is 3.07. The van der Waals surface area contributed by atoms with Crippen molar-refractivity contribution < 1.29 is 10.0 Å². The van der Waals surface area contributed by atoms with Crippen LogP contribution in [0.4, 0.5) is 5.69 Å². The number of amides is 1. The molecular formula is C15H12BrN3O2. The van der Waals surface area contributed by atoms with E-state index in [0.717, 1.165) is 15.7 Å². The van der Waals surface area contributed by atoms with Gasteiger partial charge in [-0.05, 0) is 34.1 Å². The van der Waals surface area contributed by atoms with E-state index >= 15 is 0 Å². The molecule has 106 valence electrons. The average molecular weight is 346 g/mol. The van der Waals surface area contributed by atoms with Gasteiger partial charge in [0, 0.05) is 29.2 Å². The number of hydrogen-bond donors (Lipinski definition) is 1. The van der Waals surface area contributed by atoms with Crippen LogP contribution in [0.5, 0.6) is 0 Å². The Bertz CT molecular complexity index is 713. The maximum absolute atomic E-state index is 12.6. The molecule has 5 nitrogen and oxygen atoms in total. The highest BCUT2D eigenvalue weighted by Crippen LogP contribution is 2.28. The van der Waals surface area contributed by atoms with E-state index in [4.69, 9.17) is 5.21 Å². The van der Waals surface area contributed by atoms with Gasteiger partial charge in [-0.1, -0.05) is 23.4 Å². The fourth-order valence-electron chi connectivity index (χ4n) is 2.38. The number of nitrogens with zero attached hydrogens (tertiary/aromatic N) is 3. The van der Waals surface area contributed by atoms with Gasteiger partial charge < -0.3 is 10.1 Å². The standard InChI is InChI=1S/C15H12BrN3O2/c16-10-5-6-13(17-9-10)15(20)19-8-7-12(18-21)11-3-1-2-4-14(11)19/h1-6,9,21H,7-8H2. The molecule has 1 aromatic heterocycles. The number of carbonyl (C=O) groups excluding carboxylic acids is 1. The lowest BCUT2D eigenvalue weighted by atomic mass is 9.99. The molecule has 0 bridgehead atoms. The molecule has 0 unspecified atom stereocenters. The SMILES string of the molecule is O=C(c1ccc(Br)cn1)N1CCC(=NO)c2ccccc21. The van der Waals surface area contributed by atoms with Gasteiger partial charge in [0.2, 0.25) is 0 Å². The summed E-state index contributed by atoms with van der Waals surface area (Å²) in [7, 11) is 0. The van der Waals surface area contributed by atoms with Gasteiger partial charge in [-0.3, -0.25) is 4.79 Å². The molecule has 2 aromatic rings. The maximum atomic E-state index is 12.6. The lowest BCUT2D eigenvalue weighted by molar-refractivity contribution is 0.0982. The summed E-state index contributed by atoms with van der Waals surface area (Å²) >= 11 is 3.30. The van der Waals surface area contributed by atoms with Gasteiger partial charge in [0.05, 0.1) is 11.4 Å². The second kappa shape index (κ2) is 5.65. The molecule has 21 heavy (non-hydrogen) atoms. The Balaban J connectivity index is 2.00. The Kier molecular flexibility index (Phi) is 3.70. The average Bonchev–Trinajstić information content (AvgIpc) is 2.54. The predicted molar refractivity (Wildman–Crippen MR) is 83.0 cm³/mol. The van der Waals surface area contributed by atoms with E-state index in [9.17, 15) is 4.79 Å². The molecule has 1 aliphatic heterocycles. The first-order valence-corrected chi connectivity index (χ1v) is 7.24. The van der Waals surface area contributed by atoms with Crippen molar-refractivity contribution in [3.8, 4) is 0 Å². The number of oxime groups is 1. The number of halogens is 1. The van der Waals surface area contributed by atoms with Crippen molar-refractivity contribution in [3.63, 3.8) is 0 Å². The highest BCUT2D eigenvalue weighted by molar-refractivity contribution is 9.10. The van der Waals surface area contributed by atoms with E-state index in [1.54, 1.807) is 23.2 Å². The van der Waals surface area contributed by atoms with E-state index < -0.39 is 0 Å². The molecule has 0 spiro atoms. The van der Waals surface area contributed by atoms with Gasteiger partial charge in [0.1, 0.15) is 5.69 Å². The van der Waals surface area contributed by atoms with Crippen molar-refractivity contribution >= 4 is 33.2 Å². The summed E-state index contributed by atoms with van der Waals surface area (Å²) in [5.41, 5.74) is 2.50. The molecule has 0 radical (unpaired) electrons. The lowest BCUT2D eigenvalue weighted by Crippen LogP contribution is -2.38. The van der Waals surface area contributed by atoms with E-state index in [-0.39, 0.29) is 5.91 Å². The van der Waals surface area contributed by atoms with Crippen molar-refractivity contribution in [3.05, 3.63) is 58.3 Å². The zero-order valence-corrected chi connectivity index (χ0v) is 12.6. The maximum Gasteiger partial charge on any atom is 0.276 e. The summed E-state index contributed by atoms with van der Waals surface area (Å²) in [6.07, 6.45) is 2.11. The Morgan fingerprint density at radius 1 is 1.29 bits per heavy atom. The van der Waals surface area contributed by atoms with E-state index in [1.165, 1.54) is 0 Å². The number of hydrogen-bond acceptors (Lipinski definition) is 4. The van der Waals surface area contributed by atoms with Gasteiger partial charge in [-0.25, -0.2) is 4.98 Å². The molecule has 0 saturated carbocycles. The van der Waals surface area contributed by atoms with Gasteiger partial charge in [-0.2, -0.15) is 0 Å². The fraction of sp³-hybridized carbons (Fsp3) is 0.133. The summed E-state index contributed by atoms with van der Waals surface area (Å²) in [6.45, 7) is 0.465. The Labute approximate surface area is 130 Å². The minimum Gasteiger partial charge on any atom is -0.411 e. The number of benzene rings is 1. The lowest BCUT2D eigenvalue weighted by Gasteiger charge is -2.29. The van der Waals surface area contributed by atoms with E-state index in [0.29, 0.717) is 24.4 Å². The summed E-state index contributed by atoms with van der Waals surface area (Å²) in [4.78, 5) is 18.4. The highest BCUT2D eigenvalue weighted by atomic mass is 79.9. The van der Waals surface area contributed by atoms with Crippen LogP contribution in [0.3, 0.4) is 0 Å². The first-order valence-electron chi connectivity index (χ1n) is 6.44. The number of carbonyl (C=O) groups is 1. The topological polar surface area (TPSA) is 65.8 Å². The number of aromatic nitrogens is 1. The van der Waals surface area contributed by atoms with Crippen LogP contribution < -0.4 is 4.90 Å². The third kappa shape index (κ3) is 2.54. The molecule has 1 aliphatic rings. The Morgan fingerprint density at radius 2 is 2.10 bits per heavy atom. The van der Waals surface area contributed by atoms with Crippen LogP contribution in [0.1, 0.15) is 22.5 Å². The summed E-state index contributed by atoms with van der Waals surface area (Å²) in [5, 5.41) is 12.4. The van der Waals surface area contributed by atoms with E-state index in [2.05, 4.69) is 26.1 Å². The Morgan fingerprint density at radius 3 is 2.81 bits per heavy atom. The zero-order valence-electron chi connectivity index (χ0n) is 11.0. The number of para-hydroxylation sites is 1. The van der Waals surface area contributed by atoms with Crippen LogP contribution in [0.15, 0.2) is 52.2 Å². The summed E-state index contributed by atoms with van der Waals surface area (Å²) in [5.74, 6) is -0.160. The fourth-order valence-corrected chi connectivity index (χ4v) is 2.62. The molecule has 0 saturated heterocycles. The molecule has 0 aliphatic carbocycles.